The summed E-state index contributed by atoms with van der Waals surface area (Å²) in [6.07, 6.45) is 1.64. The van der Waals surface area contributed by atoms with E-state index in [0.29, 0.717) is 19.5 Å². The van der Waals surface area contributed by atoms with Crippen molar-refractivity contribution in [2.24, 2.45) is 5.92 Å². The van der Waals surface area contributed by atoms with Crippen LogP contribution in [-0.4, -0.2) is 35.6 Å². The molecule has 1 heterocycles. The van der Waals surface area contributed by atoms with Gasteiger partial charge < -0.3 is 15.0 Å². The fourth-order valence-corrected chi connectivity index (χ4v) is 3.26. The molecule has 1 N–H and O–H groups in total. The largest absolute Gasteiger partial charge is 0.444 e. The van der Waals surface area contributed by atoms with E-state index in [9.17, 15) is 14.0 Å². The first-order valence-electron chi connectivity index (χ1n) is 9.27. The molecule has 7 heteroatoms. The number of carbonyl (C=O) groups is 2. The standard InChI is InChI=1S/C20H28ClFN2O3/c1-13(15-5-6-17(22)16(21)12-15)23-18(25)11-14-7-9-24(10-8-14)19(26)27-20(2,3)4/h5-6,12-14H,7-11H2,1-4H3,(H,23,25). The molecule has 1 saturated heterocycles. The molecule has 0 spiro atoms. The van der Waals surface area contributed by atoms with Crippen LogP contribution in [0, 0.1) is 11.7 Å². The number of hydrogen-bond acceptors (Lipinski definition) is 3. The highest BCUT2D eigenvalue weighted by Gasteiger charge is 2.28. The summed E-state index contributed by atoms with van der Waals surface area (Å²) in [4.78, 5) is 26.1. The lowest BCUT2D eigenvalue weighted by Gasteiger charge is -2.33. The Morgan fingerprint density at radius 1 is 1.33 bits per heavy atom. The van der Waals surface area contributed by atoms with Crippen molar-refractivity contribution in [1.82, 2.24) is 10.2 Å². The smallest absolute Gasteiger partial charge is 0.410 e. The van der Waals surface area contributed by atoms with Gasteiger partial charge in [-0.2, -0.15) is 0 Å². The summed E-state index contributed by atoms with van der Waals surface area (Å²) in [6.45, 7) is 8.56. The predicted octanol–water partition coefficient (Wildman–Crippen LogP) is 4.69. The van der Waals surface area contributed by atoms with Gasteiger partial charge in [-0.3, -0.25) is 4.79 Å². The molecule has 1 aliphatic rings. The topological polar surface area (TPSA) is 58.6 Å². The van der Waals surface area contributed by atoms with Crippen molar-refractivity contribution in [3.05, 3.63) is 34.6 Å². The fraction of sp³-hybridized carbons (Fsp3) is 0.600. The molecule has 1 unspecified atom stereocenters. The second kappa shape index (κ2) is 8.91. The second-order valence-electron chi connectivity index (χ2n) is 8.08. The molecule has 0 bridgehead atoms. The quantitative estimate of drug-likeness (QED) is 0.800. The Morgan fingerprint density at radius 3 is 2.52 bits per heavy atom. The molecule has 1 aromatic rings. The Balaban J connectivity index is 1.78. The molecule has 150 valence electrons. The van der Waals surface area contributed by atoms with Gasteiger partial charge in [0.05, 0.1) is 11.1 Å². The Labute approximate surface area is 165 Å². The van der Waals surface area contributed by atoms with E-state index < -0.39 is 11.4 Å². The monoisotopic (exact) mass is 398 g/mol. The lowest BCUT2D eigenvalue weighted by atomic mass is 9.93. The molecule has 1 aliphatic heterocycles. The minimum atomic E-state index is -0.507. The van der Waals surface area contributed by atoms with Crippen LogP contribution in [0.15, 0.2) is 18.2 Å². The van der Waals surface area contributed by atoms with E-state index in [1.807, 2.05) is 27.7 Å². The Kier molecular flexibility index (Phi) is 7.09. The molecule has 2 rings (SSSR count). The van der Waals surface area contributed by atoms with Crippen LogP contribution >= 0.6 is 11.6 Å². The van der Waals surface area contributed by atoms with Gasteiger partial charge in [0, 0.05) is 19.5 Å². The molecule has 1 fully saturated rings. The van der Waals surface area contributed by atoms with Gasteiger partial charge in [0.2, 0.25) is 5.91 Å². The van der Waals surface area contributed by atoms with Crippen molar-refractivity contribution in [1.29, 1.82) is 0 Å². The molecule has 2 amide bonds. The van der Waals surface area contributed by atoms with Crippen molar-refractivity contribution < 1.29 is 18.7 Å². The van der Waals surface area contributed by atoms with E-state index >= 15 is 0 Å². The first-order chi connectivity index (χ1) is 12.5. The van der Waals surface area contributed by atoms with Gasteiger partial charge in [0.1, 0.15) is 11.4 Å². The third-order valence-corrected chi connectivity index (χ3v) is 4.85. The molecule has 5 nitrogen and oxygen atoms in total. The van der Waals surface area contributed by atoms with Gasteiger partial charge in [-0.25, -0.2) is 9.18 Å². The molecule has 0 radical (unpaired) electrons. The van der Waals surface area contributed by atoms with E-state index in [-0.39, 0.29) is 29.0 Å². The number of nitrogens with one attached hydrogen (secondary N) is 1. The molecule has 0 saturated carbocycles. The normalized spacial score (nSPS) is 16.7. The number of benzene rings is 1. The first-order valence-corrected chi connectivity index (χ1v) is 9.65. The second-order valence-corrected chi connectivity index (χ2v) is 8.48. The average molecular weight is 399 g/mol. The van der Waals surface area contributed by atoms with Gasteiger partial charge in [-0.1, -0.05) is 17.7 Å². The Morgan fingerprint density at radius 2 is 1.96 bits per heavy atom. The number of likely N-dealkylation sites (tertiary alicyclic amines) is 1. The summed E-state index contributed by atoms with van der Waals surface area (Å²) in [5, 5.41) is 2.97. The summed E-state index contributed by atoms with van der Waals surface area (Å²) in [5.41, 5.74) is 0.252. The van der Waals surface area contributed by atoms with E-state index in [0.717, 1.165) is 18.4 Å². The highest BCUT2D eigenvalue weighted by Crippen LogP contribution is 2.24. The molecule has 0 aromatic heterocycles. The number of nitrogens with zero attached hydrogens (tertiary/aromatic N) is 1. The highest BCUT2D eigenvalue weighted by molar-refractivity contribution is 6.30. The maximum atomic E-state index is 13.3. The molecule has 1 atom stereocenters. The maximum absolute atomic E-state index is 13.3. The number of ether oxygens (including phenoxy) is 1. The number of halogens is 2. The van der Waals surface area contributed by atoms with Gasteiger partial charge >= 0.3 is 6.09 Å². The van der Waals surface area contributed by atoms with Crippen molar-refractivity contribution in [2.75, 3.05) is 13.1 Å². The predicted molar refractivity (Wildman–Crippen MR) is 103 cm³/mol. The van der Waals surface area contributed by atoms with Gasteiger partial charge in [-0.05, 0) is 64.2 Å². The zero-order chi connectivity index (χ0) is 20.2. The van der Waals surface area contributed by atoms with Gasteiger partial charge in [-0.15, -0.1) is 0 Å². The Bertz CT molecular complexity index is 682. The summed E-state index contributed by atoms with van der Waals surface area (Å²) in [7, 11) is 0. The summed E-state index contributed by atoms with van der Waals surface area (Å²) in [5.74, 6) is -0.304. The number of piperidine rings is 1. The van der Waals surface area contributed by atoms with Crippen LogP contribution in [0.4, 0.5) is 9.18 Å². The van der Waals surface area contributed by atoms with Crippen molar-refractivity contribution >= 4 is 23.6 Å². The summed E-state index contributed by atoms with van der Waals surface area (Å²) < 4.78 is 18.6. The fourth-order valence-electron chi connectivity index (χ4n) is 3.07. The maximum Gasteiger partial charge on any atom is 0.410 e. The van der Waals surface area contributed by atoms with Gasteiger partial charge in [0.25, 0.3) is 0 Å². The van der Waals surface area contributed by atoms with Gasteiger partial charge in [0.15, 0.2) is 0 Å². The van der Waals surface area contributed by atoms with Crippen LogP contribution in [0.5, 0.6) is 0 Å². The Hall–Kier alpha value is -1.82. The van der Waals surface area contributed by atoms with Crippen LogP contribution < -0.4 is 5.32 Å². The zero-order valence-electron chi connectivity index (χ0n) is 16.4. The number of carbonyl (C=O) groups excluding carboxylic acids is 2. The van der Waals surface area contributed by atoms with Crippen LogP contribution in [0.25, 0.3) is 0 Å². The van der Waals surface area contributed by atoms with Crippen molar-refractivity contribution in [2.45, 2.75) is 58.6 Å². The number of hydrogen-bond donors (Lipinski definition) is 1. The van der Waals surface area contributed by atoms with Crippen molar-refractivity contribution in [3.63, 3.8) is 0 Å². The van der Waals surface area contributed by atoms with Crippen LogP contribution in [0.2, 0.25) is 5.02 Å². The minimum absolute atomic E-state index is 0.0445. The highest BCUT2D eigenvalue weighted by atomic mass is 35.5. The molecular weight excluding hydrogens is 371 g/mol. The van der Waals surface area contributed by atoms with E-state index in [1.165, 1.54) is 12.1 Å². The lowest BCUT2D eigenvalue weighted by molar-refractivity contribution is -0.123. The molecular formula is C20H28ClFN2O3. The van der Waals surface area contributed by atoms with Crippen molar-refractivity contribution in [3.8, 4) is 0 Å². The van der Waals surface area contributed by atoms with Crippen LogP contribution in [0.3, 0.4) is 0 Å². The first kappa shape index (κ1) is 21.5. The number of amides is 2. The van der Waals surface area contributed by atoms with Crippen LogP contribution in [0.1, 0.15) is 58.6 Å². The third-order valence-electron chi connectivity index (χ3n) is 4.56. The molecule has 27 heavy (non-hydrogen) atoms. The number of rotatable bonds is 4. The SMILES string of the molecule is CC(NC(=O)CC1CCN(C(=O)OC(C)(C)C)CC1)c1ccc(F)c(Cl)c1. The van der Waals surface area contributed by atoms with E-state index in [1.54, 1.807) is 11.0 Å². The zero-order valence-corrected chi connectivity index (χ0v) is 17.1. The third kappa shape index (κ3) is 6.69. The van der Waals surface area contributed by atoms with Crippen LogP contribution in [-0.2, 0) is 9.53 Å². The minimum Gasteiger partial charge on any atom is -0.444 e. The average Bonchev–Trinajstić information content (AvgIpc) is 2.56. The molecule has 1 aromatic carbocycles. The van der Waals surface area contributed by atoms with E-state index in [2.05, 4.69) is 5.32 Å². The summed E-state index contributed by atoms with van der Waals surface area (Å²) >= 11 is 5.80. The lowest BCUT2D eigenvalue weighted by Crippen LogP contribution is -2.42. The molecule has 0 aliphatic carbocycles. The summed E-state index contributed by atoms with van der Waals surface area (Å²) in [6, 6.07) is 4.19. The van der Waals surface area contributed by atoms with E-state index in [4.69, 9.17) is 16.3 Å².